The van der Waals surface area contributed by atoms with E-state index in [2.05, 4.69) is 59.1 Å². The number of amides is 2. The molecule has 1 unspecified atom stereocenters. The van der Waals surface area contributed by atoms with Crippen molar-refractivity contribution in [2.45, 2.75) is 26.3 Å². The number of hydrogen-bond acceptors (Lipinski definition) is 3. The van der Waals surface area contributed by atoms with E-state index in [0.717, 1.165) is 12.1 Å². The smallest absolute Gasteiger partial charge is 0.251 e. The molecule has 0 aliphatic carbocycles. The second-order valence-electron chi connectivity index (χ2n) is 6.97. The van der Waals surface area contributed by atoms with Crippen LogP contribution in [0.15, 0.2) is 53.5 Å². The van der Waals surface area contributed by atoms with E-state index >= 15 is 0 Å². The highest BCUT2D eigenvalue weighted by Crippen LogP contribution is 2.15. The Bertz CT molecular complexity index is 868. The molecule has 8 heteroatoms. The van der Waals surface area contributed by atoms with Crippen LogP contribution in [0.25, 0.3) is 0 Å². The van der Waals surface area contributed by atoms with Gasteiger partial charge in [0.25, 0.3) is 5.91 Å². The predicted molar refractivity (Wildman–Crippen MR) is 131 cm³/mol. The molecule has 1 atom stereocenters. The Kier molecular flexibility index (Phi) is 10.9. The molecule has 2 rings (SSSR count). The summed E-state index contributed by atoms with van der Waals surface area (Å²) in [6, 6.07) is 15.6. The molecule has 0 aliphatic heterocycles. The second kappa shape index (κ2) is 12.8. The normalized spacial score (nSPS) is 11.8. The van der Waals surface area contributed by atoms with Gasteiger partial charge in [-0.25, -0.2) is 0 Å². The van der Waals surface area contributed by atoms with Crippen molar-refractivity contribution in [3.8, 4) is 0 Å². The van der Waals surface area contributed by atoms with Crippen LogP contribution in [0.4, 0.5) is 0 Å². The molecule has 0 spiro atoms. The first-order chi connectivity index (χ1) is 13.9. The number of aryl methyl sites for hydroxylation is 1. The van der Waals surface area contributed by atoms with Crippen molar-refractivity contribution >= 4 is 41.8 Å². The van der Waals surface area contributed by atoms with Crippen LogP contribution >= 0.6 is 24.0 Å². The fourth-order valence-corrected chi connectivity index (χ4v) is 2.79. The number of aliphatic imine (C=N–C) groups is 1. The van der Waals surface area contributed by atoms with Crippen molar-refractivity contribution in [3.63, 3.8) is 0 Å². The summed E-state index contributed by atoms with van der Waals surface area (Å²) in [6.07, 6.45) is 0. The molecule has 0 fully saturated rings. The summed E-state index contributed by atoms with van der Waals surface area (Å²) < 4.78 is 0. The first kappa shape index (κ1) is 25.4. The van der Waals surface area contributed by atoms with Crippen LogP contribution in [0.3, 0.4) is 0 Å². The summed E-state index contributed by atoms with van der Waals surface area (Å²) in [6.45, 7) is 5.43. The first-order valence-corrected chi connectivity index (χ1v) is 9.55. The summed E-state index contributed by atoms with van der Waals surface area (Å²) in [5.74, 6) is 0.167. The number of halogens is 1. The number of nitrogens with zero attached hydrogens (tertiary/aromatic N) is 1. The molecule has 2 aromatic rings. The van der Waals surface area contributed by atoms with Crippen LogP contribution in [0.1, 0.15) is 39.9 Å². The molecule has 7 nitrogen and oxygen atoms in total. The standard InChI is InChI=1S/C22H29N5O2.HI/c1-15-5-4-6-19(11-15)16(2)12-26-22(24-3)27-13-17-7-9-18(10-8-17)21(29)25-14-20(23)28;/h4-11,16H,12-14H2,1-3H3,(H2,23,28)(H,25,29)(H2,24,26,27);1H. The highest BCUT2D eigenvalue weighted by Gasteiger charge is 2.08. The van der Waals surface area contributed by atoms with Crippen LogP contribution in [-0.2, 0) is 11.3 Å². The highest BCUT2D eigenvalue weighted by atomic mass is 127. The van der Waals surface area contributed by atoms with Gasteiger partial charge in [0, 0.05) is 25.7 Å². The number of carbonyl (C=O) groups is 2. The minimum absolute atomic E-state index is 0. The van der Waals surface area contributed by atoms with Gasteiger partial charge in [0.1, 0.15) is 0 Å². The van der Waals surface area contributed by atoms with Crippen molar-refractivity contribution < 1.29 is 9.59 Å². The first-order valence-electron chi connectivity index (χ1n) is 9.55. The van der Waals surface area contributed by atoms with Gasteiger partial charge in [-0.15, -0.1) is 24.0 Å². The molecule has 162 valence electrons. The number of hydrogen-bond donors (Lipinski definition) is 4. The highest BCUT2D eigenvalue weighted by molar-refractivity contribution is 14.0. The molecule has 0 radical (unpaired) electrons. The lowest BCUT2D eigenvalue weighted by atomic mass is 9.99. The number of rotatable bonds is 8. The van der Waals surface area contributed by atoms with E-state index in [1.165, 1.54) is 11.1 Å². The molecule has 0 saturated carbocycles. The van der Waals surface area contributed by atoms with E-state index in [1.807, 2.05) is 12.1 Å². The Morgan fingerprint density at radius 1 is 1.07 bits per heavy atom. The number of nitrogens with two attached hydrogens (primary N) is 1. The van der Waals surface area contributed by atoms with E-state index in [0.29, 0.717) is 24.0 Å². The van der Waals surface area contributed by atoms with E-state index in [1.54, 1.807) is 19.2 Å². The summed E-state index contributed by atoms with van der Waals surface area (Å²) in [7, 11) is 1.73. The quantitative estimate of drug-likeness (QED) is 0.242. The zero-order valence-corrected chi connectivity index (χ0v) is 19.9. The third-order valence-corrected chi connectivity index (χ3v) is 4.51. The molecular weight excluding hydrogens is 493 g/mol. The third-order valence-electron chi connectivity index (χ3n) is 4.51. The lowest BCUT2D eigenvalue weighted by Crippen LogP contribution is -2.38. The zero-order chi connectivity index (χ0) is 21.2. The lowest BCUT2D eigenvalue weighted by molar-refractivity contribution is -0.117. The summed E-state index contributed by atoms with van der Waals surface area (Å²) in [4.78, 5) is 26.9. The van der Waals surface area contributed by atoms with Crippen LogP contribution < -0.4 is 21.7 Å². The molecule has 2 aromatic carbocycles. The van der Waals surface area contributed by atoms with E-state index in [-0.39, 0.29) is 36.4 Å². The van der Waals surface area contributed by atoms with Gasteiger partial charge >= 0.3 is 0 Å². The summed E-state index contributed by atoms with van der Waals surface area (Å²) >= 11 is 0. The molecule has 30 heavy (non-hydrogen) atoms. The molecule has 0 aromatic heterocycles. The number of guanidine groups is 1. The Balaban J connectivity index is 0.00000450. The van der Waals surface area contributed by atoms with Gasteiger partial charge in [0.05, 0.1) is 6.54 Å². The van der Waals surface area contributed by atoms with E-state index < -0.39 is 5.91 Å². The number of nitrogens with one attached hydrogen (secondary N) is 3. The predicted octanol–water partition coefficient (Wildman–Crippen LogP) is 2.30. The molecule has 0 heterocycles. The van der Waals surface area contributed by atoms with Crippen LogP contribution in [0, 0.1) is 6.92 Å². The third kappa shape index (κ3) is 8.40. The largest absolute Gasteiger partial charge is 0.368 e. The van der Waals surface area contributed by atoms with Gasteiger partial charge in [-0.3, -0.25) is 14.6 Å². The van der Waals surface area contributed by atoms with Crippen LogP contribution in [0.2, 0.25) is 0 Å². The van der Waals surface area contributed by atoms with Crippen molar-refractivity contribution in [2.75, 3.05) is 20.1 Å². The van der Waals surface area contributed by atoms with Crippen molar-refractivity contribution in [3.05, 3.63) is 70.8 Å². The zero-order valence-electron chi connectivity index (χ0n) is 17.6. The van der Waals surface area contributed by atoms with Gasteiger partial charge in [-0.2, -0.15) is 0 Å². The fourth-order valence-electron chi connectivity index (χ4n) is 2.79. The minimum atomic E-state index is -0.574. The Morgan fingerprint density at radius 3 is 2.37 bits per heavy atom. The molecule has 0 bridgehead atoms. The average Bonchev–Trinajstić information content (AvgIpc) is 2.72. The monoisotopic (exact) mass is 523 g/mol. The van der Waals surface area contributed by atoms with Crippen LogP contribution in [-0.4, -0.2) is 37.9 Å². The maximum Gasteiger partial charge on any atom is 0.251 e. The summed E-state index contributed by atoms with van der Waals surface area (Å²) in [5.41, 5.74) is 9.05. The molecule has 0 saturated heterocycles. The van der Waals surface area contributed by atoms with Gasteiger partial charge in [0.15, 0.2) is 5.96 Å². The number of carbonyl (C=O) groups excluding carboxylic acids is 2. The molecule has 0 aliphatic rings. The lowest BCUT2D eigenvalue weighted by Gasteiger charge is -2.17. The van der Waals surface area contributed by atoms with Gasteiger partial charge in [0.2, 0.25) is 5.91 Å². The average molecular weight is 523 g/mol. The van der Waals surface area contributed by atoms with Crippen molar-refractivity contribution in [2.24, 2.45) is 10.7 Å². The van der Waals surface area contributed by atoms with Gasteiger partial charge in [-0.1, -0.05) is 48.9 Å². The number of primary amides is 1. The summed E-state index contributed by atoms with van der Waals surface area (Å²) in [5, 5.41) is 9.08. The molecule has 2 amide bonds. The SMILES string of the molecule is CN=C(NCc1ccc(C(=O)NCC(N)=O)cc1)NCC(C)c1cccc(C)c1.I. The number of benzene rings is 2. The van der Waals surface area contributed by atoms with Crippen LogP contribution in [0.5, 0.6) is 0 Å². The fraction of sp³-hybridized carbons (Fsp3) is 0.318. The van der Waals surface area contributed by atoms with Gasteiger partial charge in [-0.05, 0) is 36.1 Å². The topological polar surface area (TPSA) is 109 Å². The Morgan fingerprint density at radius 2 is 1.77 bits per heavy atom. The molecule has 5 N–H and O–H groups in total. The van der Waals surface area contributed by atoms with Gasteiger partial charge < -0.3 is 21.7 Å². The molecular formula is C22H30IN5O2. The van der Waals surface area contributed by atoms with Crippen molar-refractivity contribution in [1.29, 1.82) is 0 Å². The Hall–Kier alpha value is -2.62. The minimum Gasteiger partial charge on any atom is -0.368 e. The Labute approximate surface area is 194 Å². The maximum atomic E-state index is 11.9. The maximum absolute atomic E-state index is 11.9. The van der Waals surface area contributed by atoms with E-state index in [4.69, 9.17) is 5.73 Å². The van der Waals surface area contributed by atoms with E-state index in [9.17, 15) is 9.59 Å². The second-order valence-corrected chi connectivity index (χ2v) is 6.97. The van der Waals surface area contributed by atoms with Crippen molar-refractivity contribution in [1.82, 2.24) is 16.0 Å².